The van der Waals surface area contributed by atoms with Crippen LogP contribution in [-0.2, 0) is 0 Å². The summed E-state index contributed by atoms with van der Waals surface area (Å²) in [6.45, 7) is 11.4. The molecule has 0 radical (unpaired) electrons. The highest BCUT2D eigenvalue weighted by Gasteiger charge is 2.05. The normalized spacial score (nSPS) is 12.3. The average molecular weight is 247 g/mol. The van der Waals surface area contributed by atoms with Crippen molar-refractivity contribution in [2.45, 2.75) is 46.3 Å². The van der Waals surface area contributed by atoms with E-state index in [-0.39, 0.29) is 11.6 Å². The fourth-order valence-electron chi connectivity index (χ4n) is 1.52. The van der Waals surface area contributed by atoms with E-state index in [1.807, 2.05) is 26.0 Å². The molecule has 0 saturated carbocycles. The summed E-state index contributed by atoms with van der Waals surface area (Å²) >= 11 is 0. The SMILES string of the molecule is CC(C)Oc1cccc(C=CCNC(C)(C)C)c1. The first kappa shape index (κ1) is 14.8. The largest absolute Gasteiger partial charge is 0.491 e. The van der Waals surface area contributed by atoms with Crippen LogP contribution < -0.4 is 10.1 Å². The summed E-state index contributed by atoms with van der Waals surface area (Å²) in [5.74, 6) is 0.927. The number of rotatable bonds is 5. The number of ether oxygens (including phenoxy) is 1. The van der Waals surface area contributed by atoms with Crippen LogP contribution in [0.5, 0.6) is 5.75 Å². The molecule has 2 nitrogen and oxygen atoms in total. The Hall–Kier alpha value is -1.28. The van der Waals surface area contributed by atoms with Crippen LogP contribution in [0.15, 0.2) is 30.3 Å². The van der Waals surface area contributed by atoms with Crippen LogP contribution in [0.1, 0.15) is 40.2 Å². The molecule has 0 atom stereocenters. The van der Waals surface area contributed by atoms with E-state index >= 15 is 0 Å². The van der Waals surface area contributed by atoms with Crippen molar-refractivity contribution in [1.29, 1.82) is 0 Å². The highest BCUT2D eigenvalue weighted by Crippen LogP contribution is 2.15. The molecule has 0 fully saturated rings. The third-order valence-corrected chi connectivity index (χ3v) is 2.29. The molecule has 0 heterocycles. The third kappa shape index (κ3) is 6.45. The smallest absolute Gasteiger partial charge is 0.120 e. The van der Waals surface area contributed by atoms with E-state index in [1.54, 1.807) is 0 Å². The number of hydrogen-bond donors (Lipinski definition) is 1. The van der Waals surface area contributed by atoms with Gasteiger partial charge in [0.15, 0.2) is 0 Å². The molecule has 1 N–H and O–H groups in total. The molecule has 0 bridgehead atoms. The molecule has 0 saturated heterocycles. The summed E-state index contributed by atoms with van der Waals surface area (Å²) in [5.41, 5.74) is 1.33. The van der Waals surface area contributed by atoms with E-state index in [1.165, 1.54) is 5.56 Å². The molecule has 1 rings (SSSR count). The Balaban J connectivity index is 2.54. The van der Waals surface area contributed by atoms with Crippen LogP contribution in [0.2, 0.25) is 0 Å². The second-order valence-electron chi connectivity index (χ2n) is 5.77. The van der Waals surface area contributed by atoms with Gasteiger partial charge in [0.05, 0.1) is 6.10 Å². The maximum absolute atomic E-state index is 5.67. The minimum absolute atomic E-state index is 0.160. The lowest BCUT2D eigenvalue weighted by Crippen LogP contribution is -2.35. The van der Waals surface area contributed by atoms with Gasteiger partial charge in [0, 0.05) is 12.1 Å². The second kappa shape index (κ2) is 6.60. The highest BCUT2D eigenvalue weighted by molar-refractivity contribution is 5.51. The van der Waals surface area contributed by atoms with Crippen LogP contribution in [-0.4, -0.2) is 18.2 Å². The van der Waals surface area contributed by atoms with E-state index in [2.05, 4.69) is 50.4 Å². The molecule has 0 aromatic heterocycles. The van der Waals surface area contributed by atoms with E-state index in [0.29, 0.717) is 0 Å². The van der Waals surface area contributed by atoms with Crippen LogP contribution in [0.4, 0.5) is 0 Å². The van der Waals surface area contributed by atoms with Crippen molar-refractivity contribution in [3.63, 3.8) is 0 Å². The van der Waals surface area contributed by atoms with Crippen molar-refractivity contribution < 1.29 is 4.74 Å². The minimum atomic E-state index is 0.160. The number of benzene rings is 1. The predicted octanol–water partition coefficient (Wildman–Crippen LogP) is 3.88. The Labute approximate surface area is 111 Å². The fraction of sp³-hybridized carbons (Fsp3) is 0.500. The molecule has 18 heavy (non-hydrogen) atoms. The maximum Gasteiger partial charge on any atom is 0.120 e. The lowest BCUT2D eigenvalue weighted by molar-refractivity contribution is 0.242. The Bertz CT molecular complexity index is 388. The van der Waals surface area contributed by atoms with Gasteiger partial charge >= 0.3 is 0 Å². The average Bonchev–Trinajstić information content (AvgIpc) is 2.23. The first-order valence-electron chi connectivity index (χ1n) is 6.55. The van der Waals surface area contributed by atoms with Crippen molar-refractivity contribution in [1.82, 2.24) is 5.32 Å². The first-order valence-corrected chi connectivity index (χ1v) is 6.55. The van der Waals surface area contributed by atoms with E-state index in [0.717, 1.165) is 12.3 Å². The van der Waals surface area contributed by atoms with Crippen LogP contribution in [0, 0.1) is 0 Å². The molecule has 0 aliphatic carbocycles. The molecule has 1 aromatic carbocycles. The summed E-state index contributed by atoms with van der Waals surface area (Å²) < 4.78 is 5.67. The molecule has 0 amide bonds. The van der Waals surface area contributed by atoms with Gasteiger partial charge in [-0.1, -0.05) is 24.3 Å². The Morgan fingerprint density at radius 2 is 2.00 bits per heavy atom. The highest BCUT2D eigenvalue weighted by atomic mass is 16.5. The molecular weight excluding hydrogens is 222 g/mol. The van der Waals surface area contributed by atoms with Crippen molar-refractivity contribution in [3.05, 3.63) is 35.9 Å². The molecular formula is C16H25NO. The Morgan fingerprint density at radius 3 is 2.61 bits per heavy atom. The molecule has 0 aliphatic rings. The lowest BCUT2D eigenvalue weighted by atomic mass is 10.1. The van der Waals surface area contributed by atoms with Gasteiger partial charge in [0.2, 0.25) is 0 Å². The van der Waals surface area contributed by atoms with Crippen molar-refractivity contribution in [3.8, 4) is 5.75 Å². The topological polar surface area (TPSA) is 21.3 Å². The van der Waals surface area contributed by atoms with Crippen molar-refractivity contribution >= 4 is 6.08 Å². The molecule has 1 aromatic rings. The summed E-state index contributed by atoms with van der Waals surface area (Å²) in [7, 11) is 0. The van der Waals surface area contributed by atoms with Gasteiger partial charge in [-0.3, -0.25) is 0 Å². The zero-order valence-corrected chi connectivity index (χ0v) is 12.2. The minimum Gasteiger partial charge on any atom is -0.491 e. The first-order chi connectivity index (χ1) is 8.37. The van der Waals surface area contributed by atoms with Crippen molar-refractivity contribution in [2.24, 2.45) is 0 Å². The molecule has 2 heteroatoms. The fourth-order valence-corrected chi connectivity index (χ4v) is 1.52. The van der Waals surface area contributed by atoms with Gasteiger partial charge in [-0.2, -0.15) is 0 Å². The Kier molecular flexibility index (Phi) is 5.42. The van der Waals surface area contributed by atoms with Gasteiger partial charge < -0.3 is 10.1 Å². The summed E-state index contributed by atoms with van der Waals surface area (Å²) in [6, 6.07) is 8.16. The van der Waals surface area contributed by atoms with Gasteiger partial charge in [0.25, 0.3) is 0 Å². The van der Waals surface area contributed by atoms with E-state index < -0.39 is 0 Å². The zero-order valence-electron chi connectivity index (χ0n) is 12.2. The molecule has 0 spiro atoms. The zero-order chi connectivity index (χ0) is 13.6. The Morgan fingerprint density at radius 1 is 1.28 bits per heavy atom. The predicted molar refractivity (Wildman–Crippen MR) is 79.0 cm³/mol. The van der Waals surface area contributed by atoms with Gasteiger partial charge in [-0.15, -0.1) is 0 Å². The summed E-state index contributed by atoms with van der Waals surface area (Å²) in [5, 5.41) is 3.42. The number of hydrogen-bond acceptors (Lipinski definition) is 2. The third-order valence-electron chi connectivity index (χ3n) is 2.29. The van der Waals surface area contributed by atoms with Crippen molar-refractivity contribution in [2.75, 3.05) is 6.54 Å². The summed E-state index contributed by atoms with van der Waals surface area (Å²) in [6.07, 6.45) is 4.47. The summed E-state index contributed by atoms with van der Waals surface area (Å²) in [4.78, 5) is 0. The van der Waals surface area contributed by atoms with Crippen LogP contribution in [0.3, 0.4) is 0 Å². The molecule has 0 aliphatic heterocycles. The number of nitrogens with one attached hydrogen (secondary N) is 1. The molecule has 100 valence electrons. The van der Waals surface area contributed by atoms with Crippen LogP contribution in [0.25, 0.3) is 6.08 Å². The quantitative estimate of drug-likeness (QED) is 0.852. The maximum atomic E-state index is 5.67. The van der Waals surface area contributed by atoms with Crippen LogP contribution >= 0.6 is 0 Å². The lowest BCUT2D eigenvalue weighted by Gasteiger charge is -2.18. The van der Waals surface area contributed by atoms with Gasteiger partial charge in [0.1, 0.15) is 5.75 Å². The van der Waals surface area contributed by atoms with E-state index in [4.69, 9.17) is 4.74 Å². The monoisotopic (exact) mass is 247 g/mol. The standard InChI is InChI=1S/C16H25NO/c1-13(2)18-15-10-6-8-14(12-15)9-7-11-17-16(3,4)5/h6-10,12-13,17H,11H2,1-5H3. The van der Waals surface area contributed by atoms with E-state index in [9.17, 15) is 0 Å². The molecule has 0 unspecified atom stereocenters. The van der Waals surface area contributed by atoms with Gasteiger partial charge in [-0.25, -0.2) is 0 Å². The van der Waals surface area contributed by atoms with Gasteiger partial charge in [-0.05, 0) is 52.3 Å². The second-order valence-corrected chi connectivity index (χ2v) is 5.77.